The number of nitrogens with zero attached hydrogens (tertiary/aromatic N) is 2. The van der Waals surface area contributed by atoms with E-state index in [4.69, 9.17) is 0 Å². The average molecular weight is 315 g/mol. The molecule has 0 atom stereocenters. The molecule has 5 heteroatoms. The fraction of sp³-hybridized carbons (Fsp3) is 0.538. The topological polar surface area (TPSA) is 46.4 Å². The van der Waals surface area contributed by atoms with Crippen LogP contribution in [0.5, 0.6) is 0 Å². The number of rotatable bonds is 6. The molecule has 4 nitrogen and oxygen atoms in total. The highest BCUT2D eigenvalue weighted by Gasteiger charge is 2.17. The summed E-state index contributed by atoms with van der Waals surface area (Å²) in [6.45, 7) is 5.04. The Balaban J connectivity index is 2.91. The Morgan fingerprint density at radius 1 is 1.39 bits per heavy atom. The molecule has 0 radical (unpaired) electrons. The van der Waals surface area contributed by atoms with Crippen LogP contribution in [0, 0.1) is 10.1 Å². The van der Waals surface area contributed by atoms with Gasteiger partial charge in [-0.2, -0.15) is 0 Å². The van der Waals surface area contributed by atoms with Gasteiger partial charge in [-0.05, 0) is 41.4 Å². The van der Waals surface area contributed by atoms with Crippen molar-refractivity contribution in [3.63, 3.8) is 0 Å². The SMILES string of the molecule is CCC(CC)N(C)Cc1cccc([N+](=O)[O-])c1Br. The summed E-state index contributed by atoms with van der Waals surface area (Å²) in [7, 11) is 2.06. The molecule has 1 aromatic rings. The van der Waals surface area contributed by atoms with Crippen LogP contribution in [0.4, 0.5) is 5.69 Å². The first kappa shape index (κ1) is 15.1. The standard InChI is InChI=1S/C13H19BrN2O2/c1-4-11(5-2)15(3)9-10-7-6-8-12(13(10)14)16(17)18/h6-8,11H,4-5,9H2,1-3H3. The Morgan fingerprint density at radius 3 is 2.50 bits per heavy atom. The molecule has 18 heavy (non-hydrogen) atoms. The Hall–Kier alpha value is -0.940. The third-order valence-electron chi connectivity index (χ3n) is 3.24. The van der Waals surface area contributed by atoms with Gasteiger partial charge in [0.2, 0.25) is 0 Å². The highest BCUT2D eigenvalue weighted by molar-refractivity contribution is 9.10. The van der Waals surface area contributed by atoms with Crippen molar-refractivity contribution in [2.75, 3.05) is 7.05 Å². The second kappa shape index (κ2) is 6.85. The van der Waals surface area contributed by atoms with E-state index < -0.39 is 0 Å². The smallest absolute Gasteiger partial charge is 0.283 e. The number of nitro groups is 1. The van der Waals surface area contributed by atoms with Gasteiger partial charge in [0.1, 0.15) is 0 Å². The molecule has 0 saturated heterocycles. The maximum atomic E-state index is 10.9. The van der Waals surface area contributed by atoms with Crippen LogP contribution in [0.15, 0.2) is 22.7 Å². The summed E-state index contributed by atoms with van der Waals surface area (Å²) in [5.41, 5.74) is 1.09. The Kier molecular flexibility index (Phi) is 5.75. The van der Waals surface area contributed by atoms with Crippen LogP contribution in [0.3, 0.4) is 0 Å². The zero-order valence-corrected chi connectivity index (χ0v) is 12.6. The fourth-order valence-corrected chi connectivity index (χ4v) is 2.67. The van der Waals surface area contributed by atoms with Crippen molar-refractivity contribution in [2.45, 2.75) is 39.3 Å². The van der Waals surface area contributed by atoms with Gasteiger partial charge in [0.15, 0.2) is 0 Å². The molecule has 0 heterocycles. The van der Waals surface area contributed by atoms with Crippen molar-refractivity contribution in [3.05, 3.63) is 38.3 Å². The molecule has 0 bridgehead atoms. The van der Waals surface area contributed by atoms with Gasteiger partial charge in [-0.15, -0.1) is 0 Å². The van der Waals surface area contributed by atoms with E-state index in [9.17, 15) is 10.1 Å². The van der Waals surface area contributed by atoms with Gasteiger partial charge >= 0.3 is 0 Å². The number of hydrogen-bond acceptors (Lipinski definition) is 3. The second-order valence-corrected chi connectivity index (χ2v) is 5.19. The van der Waals surface area contributed by atoms with Crippen molar-refractivity contribution in [2.24, 2.45) is 0 Å². The number of nitro benzene ring substituents is 1. The lowest BCUT2D eigenvalue weighted by atomic mass is 10.1. The first-order valence-corrected chi connectivity index (χ1v) is 6.92. The van der Waals surface area contributed by atoms with Gasteiger partial charge in [-0.3, -0.25) is 15.0 Å². The average Bonchev–Trinajstić information content (AvgIpc) is 2.33. The molecule has 0 fully saturated rings. The Bertz CT molecular complexity index is 419. The van der Waals surface area contributed by atoms with Gasteiger partial charge in [0, 0.05) is 18.7 Å². The minimum absolute atomic E-state index is 0.130. The molecule has 0 unspecified atom stereocenters. The van der Waals surface area contributed by atoms with E-state index in [0.717, 1.165) is 18.4 Å². The Morgan fingerprint density at radius 2 is 2.00 bits per heavy atom. The molecule has 0 aliphatic rings. The first-order chi connectivity index (χ1) is 8.51. The third kappa shape index (κ3) is 3.53. The molecule has 0 spiro atoms. The van der Waals surface area contributed by atoms with E-state index in [1.54, 1.807) is 6.07 Å². The molecule has 0 saturated carbocycles. The number of hydrogen-bond donors (Lipinski definition) is 0. The first-order valence-electron chi connectivity index (χ1n) is 6.13. The van der Waals surface area contributed by atoms with E-state index in [2.05, 4.69) is 41.7 Å². The second-order valence-electron chi connectivity index (χ2n) is 4.39. The van der Waals surface area contributed by atoms with E-state index in [-0.39, 0.29) is 10.6 Å². The van der Waals surface area contributed by atoms with Crippen molar-refractivity contribution in [3.8, 4) is 0 Å². The summed E-state index contributed by atoms with van der Waals surface area (Å²) in [6.07, 6.45) is 2.17. The van der Waals surface area contributed by atoms with Crippen LogP contribution < -0.4 is 0 Å². The van der Waals surface area contributed by atoms with Crippen LogP contribution in [0.25, 0.3) is 0 Å². The molecule has 1 aromatic carbocycles. The minimum Gasteiger partial charge on any atom is -0.299 e. The molecule has 0 N–H and O–H groups in total. The van der Waals surface area contributed by atoms with Crippen LogP contribution in [0.1, 0.15) is 32.3 Å². The third-order valence-corrected chi connectivity index (χ3v) is 4.16. The van der Waals surface area contributed by atoms with Crippen molar-refractivity contribution in [1.29, 1.82) is 0 Å². The Labute approximate surface area is 116 Å². The van der Waals surface area contributed by atoms with Gasteiger partial charge in [-0.1, -0.05) is 26.0 Å². The van der Waals surface area contributed by atoms with Gasteiger partial charge in [-0.25, -0.2) is 0 Å². The number of benzene rings is 1. The summed E-state index contributed by atoms with van der Waals surface area (Å²) in [5, 5.41) is 10.9. The zero-order chi connectivity index (χ0) is 13.7. The van der Waals surface area contributed by atoms with Crippen LogP contribution in [-0.4, -0.2) is 22.9 Å². The predicted octanol–water partition coefficient (Wildman–Crippen LogP) is 3.98. The molecule has 1 rings (SSSR count). The van der Waals surface area contributed by atoms with E-state index in [1.165, 1.54) is 6.07 Å². The summed E-state index contributed by atoms with van der Waals surface area (Å²) >= 11 is 3.33. The van der Waals surface area contributed by atoms with Crippen molar-refractivity contribution in [1.82, 2.24) is 4.90 Å². The van der Waals surface area contributed by atoms with Crippen molar-refractivity contribution < 1.29 is 4.92 Å². The summed E-state index contributed by atoms with van der Waals surface area (Å²) in [6, 6.07) is 5.69. The fourth-order valence-electron chi connectivity index (χ4n) is 2.14. The van der Waals surface area contributed by atoms with E-state index >= 15 is 0 Å². The predicted molar refractivity (Wildman–Crippen MR) is 76.6 cm³/mol. The van der Waals surface area contributed by atoms with Crippen LogP contribution in [-0.2, 0) is 6.54 Å². The monoisotopic (exact) mass is 314 g/mol. The summed E-state index contributed by atoms with van der Waals surface area (Å²) < 4.78 is 0.591. The zero-order valence-electron chi connectivity index (χ0n) is 11.0. The molecular formula is C13H19BrN2O2. The largest absolute Gasteiger partial charge is 0.299 e. The maximum absolute atomic E-state index is 10.9. The quantitative estimate of drug-likeness (QED) is 0.589. The maximum Gasteiger partial charge on any atom is 0.283 e. The van der Waals surface area contributed by atoms with Crippen molar-refractivity contribution >= 4 is 21.6 Å². The summed E-state index contributed by atoms with van der Waals surface area (Å²) in [4.78, 5) is 12.8. The van der Waals surface area contributed by atoms with Gasteiger partial charge < -0.3 is 0 Å². The highest BCUT2D eigenvalue weighted by Crippen LogP contribution is 2.29. The van der Waals surface area contributed by atoms with E-state index in [0.29, 0.717) is 17.1 Å². The van der Waals surface area contributed by atoms with Crippen LogP contribution >= 0.6 is 15.9 Å². The molecular weight excluding hydrogens is 296 g/mol. The molecule has 0 amide bonds. The molecule has 0 aliphatic heterocycles. The number of halogens is 1. The van der Waals surface area contributed by atoms with Crippen LogP contribution in [0.2, 0.25) is 0 Å². The van der Waals surface area contributed by atoms with Gasteiger partial charge in [0.05, 0.1) is 9.40 Å². The molecule has 100 valence electrons. The normalized spacial score (nSPS) is 11.2. The van der Waals surface area contributed by atoms with E-state index in [1.807, 2.05) is 6.07 Å². The lowest BCUT2D eigenvalue weighted by Crippen LogP contribution is -2.30. The van der Waals surface area contributed by atoms with Gasteiger partial charge in [0.25, 0.3) is 5.69 Å². The lowest BCUT2D eigenvalue weighted by Gasteiger charge is -2.26. The highest BCUT2D eigenvalue weighted by atomic mass is 79.9. The molecule has 0 aliphatic carbocycles. The summed E-state index contributed by atoms with van der Waals surface area (Å²) in [5.74, 6) is 0. The minimum atomic E-state index is -0.356. The molecule has 0 aromatic heterocycles. The lowest BCUT2D eigenvalue weighted by molar-refractivity contribution is -0.385.